The summed E-state index contributed by atoms with van der Waals surface area (Å²) in [5.41, 5.74) is 4.35. The summed E-state index contributed by atoms with van der Waals surface area (Å²) in [5.74, 6) is 1.36. The van der Waals surface area contributed by atoms with E-state index in [0.29, 0.717) is 5.56 Å². The number of aromatic amines is 1. The number of aliphatic imine (C=N–C) groups is 1. The Balaban J connectivity index is 1.67. The minimum absolute atomic E-state index is 0.346. The first kappa shape index (κ1) is 15.4. The lowest BCUT2D eigenvalue weighted by Gasteiger charge is -2.14. The van der Waals surface area contributed by atoms with Gasteiger partial charge in [-0.1, -0.05) is 12.1 Å². The number of esters is 1. The average molecular weight is 334 g/mol. The van der Waals surface area contributed by atoms with E-state index in [2.05, 4.69) is 26.3 Å². The number of carbonyl (C=O) groups excluding carboxylic acids is 1. The maximum absolute atomic E-state index is 11.5. The fourth-order valence-corrected chi connectivity index (χ4v) is 2.90. The van der Waals surface area contributed by atoms with Crippen molar-refractivity contribution in [2.45, 2.75) is 6.42 Å². The van der Waals surface area contributed by atoms with Crippen LogP contribution < -0.4 is 5.32 Å². The van der Waals surface area contributed by atoms with E-state index in [0.717, 1.165) is 53.3 Å². The van der Waals surface area contributed by atoms with Gasteiger partial charge in [-0.05, 0) is 36.8 Å². The summed E-state index contributed by atoms with van der Waals surface area (Å²) in [6.07, 6.45) is 1.07. The van der Waals surface area contributed by atoms with Crippen LogP contribution in [0.4, 0.5) is 0 Å². The zero-order valence-electron chi connectivity index (χ0n) is 13.9. The molecule has 0 amide bonds. The van der Waals surface area contributed by atoms with Gasteiger partial charge in [-0.15, -0.1) is 0 Å². The van der Waals surface area contributed by atoms with Gasteiger partial charge in [0.05, 0.1) is 23.7 Å². The molecule has 1 aliphatic rings. The Morgan fingerprint density at radius 1 is 1.12 bits per heavy atom. The van der Waals surface area contributed by atoms with Gasteiger partial charge in [-0.25, -0.2) is 9.78 Å². The van der Waals surface area contributed by atoms with E-state index in [1.54, 1.807) is 12.1 Å². The van der Waals surface area contributed by atoms with Crippen LogP contribution in [0.1, 0.15) is 22.3 Å². The normalized spacial score (nSPS) is 14.0. The van der Waals surface area contributed by atoms with Crippen molar-refractivity contribution < 1.29 is 9.53 Å². The van der Waals surface area contributed by atoms with Gasteiger partial charge in [-0.3, -0.25) is 4.99 Å². The van der Waals surface area contributed by atoms with Crippen LogP contribution in [0, 0.1) is 0 Å². The van der Waals surface area contributed by atoms with Gasteiger partial charge in [0.25, 0.3) is 0 Å². The molecule has 25 heavy (non-hydrogen) atoms. The maximum Gasteiger partial charge on any atom is 0.337 e. The first-order valence-corrected chi connectivity index (χ1v) is 8.22. The summed E-state index contributed by atoms with van der Waals surface area (Å²) in [4.78, 5) is 24.0. The molecule has 0 aliphatic carbocycles. The van der Waals surface area contributed by atoms with Gasteiger partial charge >= 0.3 is 5.97 Å². The standard InChI is InChI=1S/C19H18N4O2/c1-25-19(24)13-5-3-12(4-6-13)18-22-15-8-7-14(11-16(15)23-18)17-20-9-2-10-21-17/h3-8,11H,2,9-10H2,1H3,(H,20,21)(H,22,23). The second-order valence-electron chi connectivity index (χ2n) is 5.90. The lowest BCUT2D eigenvalue weighted by molar-refractivity contribution is 0.0601. The zero-order chi connectivity index (χ0) is 17.2. The fourth-order valence-electron chi connectivity index (χ4n) is 2.90. The average Bonchev–Trinajstić information content (AvgIpc) is 3.11. The van der Waals surface area contributed by atoms with Gasteiger partial charge in [0.1, 0.15) is 11.7 Å². The van der Waals surface area contributed by atoms with E-state index in [4.69, 9.17) is 4.74 Å². The number of H-pyrrole nitrogens is 1. The number of fused-ring (bicyclic) bond motifs is 1. The second-order valence-corrected chi connectivity index (χ2v) is 5.90. The van der Waals surface area contributed by atoms with Crippen LogP contribution in [0.15, 0.2) is 47.5 Å². The molecule has 0 bridgehead atoms. The Morgan fingerprint density at radius 3 is 2.64 bits per heavy atom. The lowest BCUT2D eigenvalue weighted by Crippen LogP contribution is -2.30. The van der Waals surface area contributed by atoms with Gasteiger partial charge in [0.2, 0.25) is 0 Å². The highest BCUT2D eigenvalue weighted by molar-refractivity contribution is 6.01. The van der Waals surface area contributed by atoms with Crippen LogP contribution in [-0.4, -0.2) is 42.0 Å². The van der Waals surface area contributed by atoms with E-state index in [1.807, 2.05) is 24.3 Å². The number of imidazole rings is 1. The van der Waals surface area contributed by atoms with Crippen molar-refractivity contribution in [1.29, 1.82) is 0 Å². The molecule has 0 atom stereocenters. The molecular formula is C19H18N4O2. The summed E-state index contributed by atoms with van der Waals surface area (Å²) in [6.45, 7) is 1.82. The number of carbonyl (C=O) groups is 1. The molecule has 0 spiro atoms. The number of nitrogens with zero attached hydrogens (tertiary/aromatic N) is 2. The molecule has 1 aromatic heterocycles. The molecule has 1 aliphatic heterocycles. The summed E-state index contributed by atoms with van der Waals surface area (Å²) < 4.78 is 4.72. The Morgan fingerprint density at radius 2 is 1.92 bits per heavy atom. The number of nitrogens with one attached hydrogen (secondary N) is 2. The van der Waals surface area contributed by atoms with E-state index in [1.165, 1.54) is 7.11 Å². The third kappa shape index (κ3) is 2.98. The predicted octanol–water partition coefficient (Wildman–Crippen LogP) is 2.76. The fraction of sp³-hybridized carbons (Fsp3) is 0.211. The number of hydrogen-bond donors (Lipinski definition) is 2. The SMILES string of the molecule is COC(=O)c1ccc(-c2nc3ccc(C4=NCCCN4)cc3[nH]2)cc1. The molecule has 6 nitrogen and oxygen atoms in total. The summed E-state index contributed by atoms with van der Waals surface area (Å²) in [7, 11) is 1.37. The Labute approximate surface area is 145 Å². The highest BCUT2D eigenvalue weighted by atomic mass is 16.5. The molecule has 0 fully saturated rings. The highest BCUT2D eigenvalue weighted by Gasteiger charge is 2.11. The molecule has 0 saturated heterocycles. The Bertz CT molecular complexity index is 957. The Hall–Kier alpha value is -3.15. The first-order valence-electron chi connectivity index (χ1n) is 8.22. The van der Waals surface area contributed by atoms with Crippen LogP contribution in [0.2, 0.25) is 0 Å². The van der Waals surface area contributed by atoms with Crippen molar-refractivity contribution in [3.05, 3.63) is 53.6 Å². The van der Waals surface area contributed by atoms with Crippen LogP contribution in [0.5, 0.6) is 0 Å². The van der Waals surface area contributed by atoms with Gasteiger partial charge in [-0.2, -0.15) is 0 Å². The largest absolute Gasteiger partial charge is 0.465 e. The van der Waals surface area contributed by atoms with Crippen molar-refractivity contribution in [2.24, 2.45) is 4.99 Å². The van der Waals surface area contributed by atoms with Crippen molar-refractivity contribution >= 4 is 22.8 Å². The molecule has 2 heterocycles. The van der Waals surface area contributed by atoms with E-state index in [9.17, 15) is 4.79 Å². The quantitative estimate of drug-likeness (QED) is 0.722. The number of methoxy groups -OCH3 is 1. The zero-order valence-corrected chi connectivity index (χ0v) is 13.9. The lowest BCUT2D eigenvalue weighted by atomic mass is 10.1. The molecule has 0 unspecified atom stereocenters. The molecular weight excluding hydrogens is 316 g/mol. The molecule has 126 valence electrons. The van der Waals surface area contributed by atoms with E-state index < -0.39 is 0 Å². The van der Waals surface area contributed by atoms with E-state index in [-0.39, 0.29) is 5.97 Å². The van der Waals surface area contributed by atoms with Crippen molar-refractivity contribution in [1.82, 2.24) is 15.3 Å². The van der Waals surface area contributed by atoms with Crippen LogP contribution in [-0.2, 0) is 4.74 Å². The van der Waals surface area contributed by atoms with Gasteiger partial charge < -0.3 is 15.0 Å². The van der Waals surface area contributed by atoms with Gasteiger partial charge in [0.15, 0.2) is 0 Å². The number of rotatable bonds is 3. The summed E-state index contributed by atoms with van der Waals surface area (Å²) in [5, 5.41) is 3.33. The maximum atomic E-state index is 11.5. The van der Waals surface area contributed by atoms with Crippen LogP contribution in [0.3, 0.4) is 0 Å². The highest BCUT2D eigenvalue weighted by Crippen LogP contribution is 2.22. The summed E-state index contributed by atoms with van der Waals surface area (Å²) >= 11 is 0. The topological polar surface area (TPSA) is 79.4 Å². The smallest absolute Gasteiger partial charge is 0.337 e. The first-order chi connectivity index (χ1) is 12.2. The van der Waals surface area contributed by atoms with Crippen molar-refractivity contribution in [3.63, 3.8) is 0 Å². The van der Waals surface area contributed by atoms with E-state index >= 15 is 0 Å². The summed E-state index contributed by atoms with van der Waals surface area (Å²) in [6, 6.07) is 13.3. The molecule has 0 saturated carbocycles. The number of hydrogen-bond acceptors (Lipinski definition) is 5. The number of ether oxygens (including phenoxy) is 1. The monoisotopic (exact) mass is 334 g/mol. The second kappa shape index (κ2) is 6.39. The van der Waals surface area contributed by atoms with Crippen LogP contribution in [0.25, 0.3) is 22.4 Å². The molecule has 6 heteroatoms. The molecule has 2 N–H and O–H groups in total. The molecule has 4 rings (SSSR count). The number of amidine groups is 1. The molecule has 3 aromatic rings. The number of aromatic nitrogens is 2. The van der Waals surface area contributed by atoms with Crippen molar-refractivity contribution in [2.75, 3.05) is 20.2 Å². The van der Waals surface area contributed by atoms with Gasteiger partial charge in [0, 0.05) is 24.2 Å². The number of benzene rings is 2. The molecule has 2 aromatic carbocycles. The van der Waals surface area contributed by atoms with Crippen LogP contribution >= 0.6 is 0 Å². The minimum Gasteiger partial charge on any atom is -0.465 e. The predicted molar refractivity (Wildman–Crippen MR) is 96.9 cm³/mol. The third-order valence-electron chi connectivity index (χ3n) is 4.23. The minimum atomic E-state index is -0.346. The third-order valence-corrected chi connectivity index (χ3v) is 4.23. The molecule has 0 radical (unpaired) electrons. The van der Waals surface area contributed by atoms with Crippen molar-refractivity contribution in [3.8, 4) is 11.4 Å². The Kier molecular flexibility index (Phi) is 3.93.